The average Bonchev–Trinajstić information content (AvgIpc) is 3.02. The maximum absolute atomic E-state index is 12.6. The summed E-state index contributed by atoms with van der Waals surface area (Å²) in [5.74, 6) is 1.09. The number of piperazine rings is 1. The number of nitrogens with one attached hydrogen (secondary N) is 1. The zero-order chi connectivity index (χ0) is 17.2. The number of nitrogens with zero attached hydrogens (tertiary/aromatic N) is 3. The van der Waals surface area contributed by atoms with Crippen molar-refractivity contribution in [3.05, 3.63) is 53.7 Å². The summed E-state index contributed by atoms with van der Waals surface area (Å²) in [4.78, 5) is 32.8. The molecule has 1 aromatic heterocycles. The molecule has 0 aliphatic carbocycles. The zero-order valence-corrected chi connectivity index (χ0v) is 13.9. The fourth-order valence-electron chi connectivity index (χ4n) is 3.37. The van der Waals surface area contributed by atoms with Gasteiger partial charge in [0.05, 0.1) is 13.0 Å². The van der Waals surface area contributed by atoms with Gasteiger partial charge in [-0.05, 0) is 35.9 Å². The highest BCUT2D eigenvalue weighted by molar-refractivity contribution is 6.02. The smallest absolute Gasteiger partial charge is 0.228 e. The molecule has 6 nitrogen and oxygen atoms in total. The molecule has 0 saturated carbocycles. The third-order valence-corrected chi connectivity index (χ3v) is 4.77. The van der Waals surface area contributed by atoms with Gasteiger partial charge in [-0.1, -0.05) is 6.07 Å². The number of ketones is 1. The maximum atomic E-state index is 12.6. The van der Waals surface area contributed by atoms with Crippen LogP contribution in [0, 0.1) is 0 Å². The number of carbonyl (C=O) groups excluding carboxylic acids is 2. The number of fused-ring (bicyclic) bond motifs is 1. The summed E-state index contributed by atoms with van der Waals surface area (Å²) in [6.07, 6.45) is 2.16. The molecule has 0 radical (unpaired) electrons. The van der Waals surface area contributed by atoms with Crippen molar-refractivity contribution < 1.29 is 9.59 Å². The predicted molar refractivity (Wildman–Crippen MR) is 96.0 cm³/mol. The Balaban J connectivity index is 1.35. The van der Waals surface area contributed by atoms with Crippen molar-refractivity contribution in [3.8, 4) is 0 Å². The van der Waals surface area contributed by atoms with Crippen LogP contribution >= 0.6 is 0 Å². The SMILES string of the molecule is O=C1Cc2cc(C(=O)CN3CCN(c4ccccn4)CC3)ccc2N1. The fourth-order valence-corrected chi connectivity index (χ4v) is 3.37. The average molecular weight is 336 g/mol. The van der Waals surface area contributed by atoms with E-state index in [1.807, 2.05) is 30.3 Å². The Hall–Kier alpha value is -2.73. The number of carbonyl (C=O) groups is 2. The highest BCUT2D eigenvalue weighted by Crippen LogP contribution is 2.24. The summed E-state index contributed by atoms with van der Waals surface area (Å²) >= 11 is 0. The number of pyridine rings is 1. The molecule has 4 rings (SSSR count). The van der Waals surface area contributed by atoms with E-state index in [2.05, 4.69) is 20.1 Å². The Morgan fingerprint density at radius 2 is 1.96 bits per heavy atom. The fraction of sp³-hybridized carbons (Fsp3) is 0.316. The van der Waals surface area contributed by atoms with Crippen molar-refractivity contribution in [3.63, 3.8) is 0 Å². The molecule has 1 amide bonds. The Morgan fingerprint density at radius 1 is 1.12 bits per heavy atom. The molecule has 0 atom stereocenters. The minimum Gasteiger partial charge on any atom is -0.354 e. The molecule has 2 aromatic rings. The van der Waals surface area contributed by atoms with Crippen molar-refractivity contribution in [1.82, 2.24) is 9.88 Å². The van der Waals surface area contributed by atoms with Gasteiger partial charge in [-0.3, -0.25) is 14.5 Å². The van der Waals surface area contributed by atoms with Crippen molar-refractivity contribution in [2.45, 2.75) is 6.42 Å². The topological polar surface area (TPSA) is 65.5 Å². The van der Waals surface area contributed by atoms with E-state index in [9.17, 15) is 9.59 Å². The first-order valence-electron chi connectivity index (χ1n) is 8.53. The number of Topliss-reactive ketones (excluding diaryl/α,β-unsaturated/α-hetero) is 1. The van der Waals surface area contributed by atoms with Gasteiger partial charge in [-0.25, -0.2) is 4.98 Å². The monoisotopic (exact) mass is 336 g/mol. The molecular formula is C19H20N4O2. The van der Waals surface area contributed by atoms with Crippen LogP contribution in [0.25, 0.3) is 0 Å². The van der Waals surface area contributed by atoms with Crippen LogP contribution in [0.5, 0.6) is 0 Å². The lowest BCUT2D eigenvalue weighted by Crippen LogP contribution is -2.48. The molecule has 0 bridgehead atoms. The molecule has 25 heavy (non-hydrogen) atoms. The number of benzene rings is 1. The lowest BCUT2D eigenvalue weighted by molar-refractivity contribution is -0.115. The van der Waals surface area contributed by atoms with Gasteiger partial charge in [0.1, 0.15) is 5.82 Å². The highest BCUT2D eigenvalue weighted by Gasteiger charge is 2.22. The molecule has 1 saturated heterocycles. The first-order valence-corrected chi connectivity index (χ1v) is 8.53. The molecule has 1 N–H and O–H groups in total. The number of anilines is 2. The lowest BCUT2D eigenvalue weighted by atomic mass is 10.0. The standard InChI is InChI=1S/C19H20N4O2/c24-17(14-4-5-16-15(11-14)12-19(25)21-16)13-22-7-9-23(10-8-22)18-3-1-2-6-20-18/h1-6,11H,7-10,12-13H2,(H,21,25). The summed E-state index contributed by atoms with van der Waals surface area (Å²) in [5.41, 5.74) is 2.42. The van der Waals surface area contributed by atoms with Crippen LogP contribution in [0.2, 0.25) is 0 Å². The van der Waals surface area contributed by atoms with E-state index >= 15 is 0 Å². The van der Waals surface area contributed by atoms with E-state index in [1.54, 1.807) is 12.3 Å². The first-order chi connectivity index (χ1) is 12.2. The van der Waals surface area contributed by atoms with E-state index < -0.39 is 0 Å². The number of rotatable bonds is 4. The molecule has 2 aliphatic heterocycles. The van der Waals surface area contributed by atoms with Crippen molar-refractivity contribution >= 4 is 23.2 Å². The normalized spacial score (nSPS) is 17.3. The Kier molecular flexibility index (Phi) is 4.19. The van der Waals surface area contributed by atoms with Crippen LogP contribution in [0.1, 0.15) is 15.9 Å². The second-order valence-corrected chi connectivity index (χ2v) is 6.47. The van der Waals surface area contributed by atoms with Gasteiger partial charge in [0.15, 0.2) is 5.78 Å². The van der Waals surface area contributed by atoms with Crippen molar-refractivity contribution in [1.29, 1.82) is 0 Å². The van der Waals surface area contributed by atoms with Crippen molar-refractivity contribution in [2.75, 3.05) is 42.9 Å². The third-order valence-electron chi connectivity index (χ3n) is 4.77. The summed E-state index contributed by atoms with van der Waals surface area (Å²) in [7, 11) is 0. The van der Waals surface area contributed by atoms with Crippen LogP contribution in [0.3, 0.4) is 0 Å². The van der Waals surface area contributed by atoms with Crippen LogP contribution in [-0.2, 0) is 11.2 Å². The predicted octanol–water partition coefficient (Wildman–Crippen LogP) is 1.58. The van der Waals surface area contributed by atoms with Gasteiger partial charge < -0.3 is 10.2 Å². The van der Waals surface area contributed by atoms with E-state index in [0.29, 0.717) is 18.5 Å². The second kappa shape index (κ2) is 6.64. The molecule has 128 valence electrons. The molecule has 0 spiro atoms. The first kappa shape index (κ1) is 15.8. The third kappa shape index (κ3) is 3.39. The summed E-state index contributed by atoms with van der Waals surface area (Å²) in [6, 6.07) is 11.4. The van der Waals surface area contributed by atoms with E-state index in [0.717, 1.165) is 43.2 Å². The van der Waals surface area contributed by atoms with Crippen molar-refractivity contribution in [2.24, 2.45) is 0 Å². The Bertz CT molecular complexity index is 798. The quantitative estimate of drug-likeness (QED) is 0.859. The zero-order valence-electron chi connectivity index (χ0n) is 13.9. The minimum atomic E-state index is -0.00903. The van der Waals surface area contributed by atoms with Gasteiger partial charge in [-0.2, -0.15) is 0 Å². The van der Waals surface area contributed by atoms with E-state index in [4.69, 9.17) is 0 Å². The van der Waals surface area contributed by atoms with Gasteiger partial charge in [0, 0.05) is 43.6 Å². The molecule has 1 aromatic carbocycles. The molecule has 6 heteroatoms. The molecule has 3 heterocycles. The lowest BCUT2D eigenvalue weighted by Gasteiger charge is -2.35. The van der Waals surface area contributed by atoms with E-state index in [1.165, 1.54) is 0 Å². The maximum Gasteiger partial charge on any atom is 0.228 e. The Morgan fingerprint density at radius 3 is 2.72 bits per heavy atom. The molecule has 1 fully saturated rings. The summed E-state index contributed by atoms with van der Waals surface area (Å²) in [6.45, 7) is 3.83. The molecular weight excluding hydrogens is 316 g/mol. The summed E-state index contributed by atoms with van der Waals surface area (Å²) < 4.78 is 0. The van der Waals surface area contributed by atoms with Gasteiger partial charge in [0.2, 0.25) is 5.91 Å². The number of hydrogen-bond donors (Lipinski definition) is 1. The van der Waals surface area contributed by atoms with Crippen LogP contribution in [0.15, 0.2) is 42.6 Å². The van der Waals surface area contributed by atoms with Crippen LogP contribution < -0.4 is 10.2 Å². The number of hydrogen-bond acceptors (Lipinski definition) is 5. The molecule has 2 aliphatic rings. The largest absolute Gasteiger partial charge is 0.354 e. The van der Waals surface area contributed by atoms with E-state index in [-0.39, 0.29) is 11.7 Å². The molecule has 0 unspecified atom stereocenters. The number of amides is 1. The number of aromatic nitrogens is 1. The minimum absolute atomic E-state index is 0.00903. The van der Waals surface area contributed by atoms with Gasteiger partial charge in [0.25, 0.3) is 0 Å². The highest BCUT2D eigenvalue weighted by atomic mass is 16.2. The van der Waals surface area contributed by atoms with Gasteiger partial charge in [-0.15, -0.1) is 0 Å². The van der Waals surface area contributed by atoms with Crippen LogP contribution in [-0.4, -0.2) is 54.3 Å². The second-order valence-electron chi connectivity index (χ2n) is 6.47. The summed E-state index contributed by atoms with van der Waals surface area (Å²) in [5, 5.41) is 2.79. The van der Waals surface area contributed by atoms with Crippen LogP contribution in [0.4, 0.5) is 11.5 Å². The Labute approximate surface area is 146 Å². The van der Waals surface area contributed by atoms with Gasteiger partial charge >= 0.3 is 0 Å².